The summed E-state index contributed by atoms with van der Waals surface area (Å²) in [5.74, 6) is 0.142. The van der Waals surface area contributed by atoms with E-state index in [4.69, 9.17) is 8.60 Å². The van der Waals surface area contributed by atoms with Crippen molar-refractivity contribution in [3.63, 3.8) is 0 Å². The highest BCUT2D eigenvalue weighted by Crippen LogP contribution is 2.24. The van der Waals surface area contributed by atoms with Gasteiger partial charge in [-0.25, -0.2) is 4.79 Å². The zero-order chi connectivity index (χ0) is 12.6. The lowest BCUT2D eigenvalue weighted by Gasteiger charge is -2.11. The van der Waals surface area contributed by atoms with Crippen LogP contribution in [0.1, 0.15) is 0 Å². The van der Waals surface area contributed by atoms with Crippen LogP contribution in [0.15, 0.2) is 27.4 Å². The highest BCUT2D eigenvalue weighted by molar-refractivity contribution is 7.84. The van der Waals surface area contributed by atoms with E-state index in [0.29, 0.717) is 10.3 Å². The van der Waals surface area contributed by atoms with Crippen LogP contribution in [0.3, 0.4) is 0 Å². The summed E-state index contributed by atoms with van der Waals surface area (Å²) >= 11 is 0.890. The van der Waals surface area contributed by atoms with Gasteiger partial charge in [0.25, 0.3) is 0 Å². The van der Waals surface area contributed by atoms with E-state index in [-0.39, 0.29) is 5.75 Å². The summed E-state index contributed by atoms with van der Waals surface area (Å²) in [6.07, 6.45) is 0. The number of fused-ring (bicyclic) bond motifs is 1. The SMILES string of the molecule is CN(C)S(=O)(=O)Oc1ccc2oc(=O)sc2c1. The van der Waals surface area contributed by atoms with Crippen LogP contribution in [-0.4, -0.2) is 26.8 Å². The fourth-order valence-corrected chi connectivity index (χ4v) is 2.29. The van der Waals surface area contributed by atoms with Crippen molar-refractivity contribution in [2.75, 3.05) is 14.1 Å². The highest BCUT2D eigenvalue weighted by Gasteiger charge is 2.16. The number of nitrogens with zero attached hydrogens (tertiary/aromatic N) is 1. The minimum atomic E-state index is -3.78. The van der Waals surface area contributed by atoms with Gasteiger partial charge in [-0.3, -0.25) is 0 Å². The lowest BCUT2D eigenvalue weighted by molar-refractivity contribution is 0.421. The van der Waals surface area contributed by atoms with Crippen molar-refractivity contribution in [2.24, 2.45) is 0 Å². The van der Waals surface area contributed by atoms with Gasteiger partial charge < -0.3 is 8.60 Å². The molecule has 0 radical (unpaired) electrons. The molecule has 6 nitrogen and oxygen atoms in total. The second-order valence-corrected chi connectivity index (χ2v) is 6.12. The van der Waals surface area contributed by atoms with Gasteiger partial charge >= 0.3 is 15.2 Å². The molecule has 0 saturated carbocycles. The standard InChI is InChI=1S/C9H9NO5S2/c1-10(2)17(12,13)15-6-3-4-7-8(5-6)16-9(11)14-7/h3-5H,1-2H3. The number of hydrogen-bond donors (Lipinski definition) is 0. The maximum atomic E-state index is 11.5. The summed E-state index contributed by atoms with van der Waals surface area (Å²) in [6, 6.07) is 4.37. The van der Waals surface area contributed by atoms with E-state index in [0.717, 1.165) is 15.6 Å². The molecule has 0 aliphatic heterocycles. The fraction of sp³-hybridized carbons (Fsp3) is 0.222. The minimum absolute atomic E-state index is 0.142. The lowest BCUT2D eigenvalue weighted by atomic mass is 10.3. The van der Waals surface area contributed by atoms with Gasteiger partial charge in [-0.2, -0.15) is 12.7 Å². The Kier molecular flexibility index (Phi) is 2.94. The summed E-state index contributed by atoms with van der Waals surface area (Å²) in [4.78, 5) is 10.5. The summed E-state index contributed by atoms with van der Waals surface area (Å²) < 4.78 is 34.1. The Labute approximate surface area is 101 Å². The van der Waals surface area contributed by atoms with Gasteiger partial charge in [-0.05, 0) is 12.1 Å². The Morgan fingerprint density at radius 1 is 1.35 bits per heavy atom. The molecule has 0 bridgehead atoms. The van der Waals surface area contributed by atoms with Gasteiger partial charge in [0, 0.05) is 20.2 Å². The molecule has 0 aliphatic carbocycles. The van der Waals surface area contributed by atoms with E-state index in [1.54, 1.807) is 0 Å². The Balaban J connectivity index is 2.41. The molecule has 0 spiro atoms. The molecular formula is C9H9NO5S2. The van der Waals surface area contributed by atoms with Gasteiger partial charge in [-0.1, -0.05) is 11.3 Å². The molecule has 1 aromatic heterocycles. The Morgan fingerprint density at radius 3 is 2.71 bits per heavy atom. The quantitative estimate of drug-likeness (QED) is 0.836. The molecule has 1 aromatic carbocycles. The molecule has 0 aliphatic rings. The molecule has 92 valence electrons. The number of rotatable bonds is 3. The smallest absolute Gasteiger partial charge is 0.396 e. The van der Waals surface area contributed by atoms with E-state index in [2.05, 4.69) is 0 Å². The van der Waals surface area contributed by atoms with Crippen molar-refractivity contribution >= 4 is 31.9 Å². The van der Waals surface area contributed by atoms with E-state index >= 15 is 0 Å². The van der Waals surface area contributed by atoms with Crippen molar-refractivity contribution in [2.45, 2.75) is 0 Å². The van der Waals surface area contributed by atoms with Crippen LogP contribution in [-0.2, 0) is 10.3 Å². The molecular weight excluding hydrogens is 266 g/mol. The third-order valence-electron chi connectivity index (χ3n) is 1.95. The molecule has 0 unspecified atom stereocenters. The highest BCUT2D eigenvalue weighted by atomic mass is 32.2. The van der Waals surface area contributed by atoms with Crippen LogP contribution in [0.25, 0.3) is 10.3 Å². The van der Waals surface area contributed by atoms with Crippen LogP contribution in [0.2, 0.25) is 0 Å². The zero-order valence-electron chi connectivity index (χ0n) is 9.04. The molecule has 0 N–H and O–H groups in total. The molecule has 0 saturated heterocycles. The van der Waals surface area contributed by atoms with Crippen molar-refractivity contribution in [1.82, 2.24) is 4.31 Å². The minimum Gasteiger partial charge on any atom is -0.414 e. The van der Waals surface area contributed by atoms with E-state index in [9.17, 15) is 13.2 Å². The Morgan fingerprint density at radius 2 is 2.06 bits per heavy atom. The third-order valence-corrected chi connectivity index (χ3v) is 4.04. The first-order chi connectivity index (χ1) is 7.88. The fourth-order valence-electron chi connectivity index (χ4n) is 1.10. The van der Waals surface area contributed by atoms with Gasteiger partial charge in [0.15, 0.2) is 0 Å². The predicted molar refractivity (Wildman–Crippen MR) is 63.6 cm³/mol. The van der Waals surface area contributed by atoms with Crippen molar-refractivity contribution in [3.8, 4) is 5.75 Å². The third kappa shape index (κ3) is 2.48. The molecule has 17 heavy (non-hydrogen) atoms. The first-order valence-electron chi connectivity index (χ1n) is 4.54. The summed E-state index contributed by atoms with van der Waals surface area (Å²) in [6.45, 7) is 0. The van der Waals surface area contributed by atoms with Crippen molar-refractivity contribution in [1.29, 1.82) is 0 Å². The first kappa shape index (κ1) is 12.1. The van der Waals surface area contributed by atoms with Crippen LogP contribution >= 0.6 is 11.3 Å². The summed E-state index contributed by atoms with van der Waals surface area (Å²) in [5.41, 5.74) is 0.412. The van der Waals surface area contributed by atoms with Crippen molar-refractivity contribution < 1.29 is 17.0 Å². The first-order valence-corrected chi connectivity index (χ1v) is 6.72. The zero-order valence-corrected chi connectivity index (χ0v) is 10.7. The maximum absolute atomic E-state index is 11.5. The topological polar surface area (TPSA) is 76.8 Å². The lowest BCUT2D eigenvalue weighted by Crippen LogP contribution is -2.26. The summed E-state index contributed by atoms with van der Waals surface area (Å²) in [7, 11) is -1.05. The van der Waals surface area contributed by atoms with Crippen LogP contribution in [0.4, 0.5) is 0 Å². The van der Waals surface area contributed by atoms with E-state index in [1.807, 2.05) is 0 Å². The molecule has 0 amide bonds. The van der Waals surface area contributed by atoms with Crippen LogP contribution < -0.4 is 9.12 Å². The normalized spacial score (nSPS) is 12.2. The molecule has 0 fully saturated rings. The average molecular weight is 275 g/mol. The largest absolute Gasteiger partial charge is 0.414 e. The van der Waals surface area contributed by atoms with Gasteiger partial charge in [0.2, 0.25) is 0 Å². The second-order valence-electron chi connectivity index (χ2n) is 3.39. The number of hydrogen-bond acceptors (Lipinski definition) is 6. The van der Waals surface area contributed by atoms with E-state index < -0.39 is 15.2 Å². The van der Waals surface area contributed by atoms with Gasteiger partial charge in [-0.15, -0.1) is 0 Å². The van der Waals surface area contributed by atoms with Gasteiger partial charge in [0.05, 0.1) is 4.70 Å². The van der Waals surface area contributed by atoms with Gasteiger partial charge in [0.1, 0.15) is 11.3 Å². The van der Waals surface area contributed by atoms with E-state index in [1.165, 1.54) is 32.3 Å². The Bertz CT molecular complexity index is 697. The Hall–Kier alpha value is -1.38. The molecule has 1 heterocycles. The summed E-state index contributed by atoms with van der Waals surface area (Å²) in [5, 5.41) is 0. The number of benzene rings is 1. The van der Waals surface area contributed by atoms with Crippen molar-refractivity contribution in [3.05, 3.63) is 27.9 Å². The predicted octanol–water partition coefficient (Wildman–Crippen LogP) is 1.04. The monoisotopic (exact) mass is 275 g/mol. The van der Waals surface area contributed by atoms with Crippen LogP contribution in [0, 0.1) is 0 Å². The molecule has 8 heteroatoms. The molecule has 0 atom stereocenters. The second kappa shape index (κ2) is 4.13. The molecule has 2 aromatic rings. The maximum Gasteiger partial charge on any atom is 0.396 e. The average Bonchev–Trinajstić information content (AvgIpc) is 2.56. The molecule has 2 rings (SSSR count). The van der Waals surface area contributed by atoms with Crippen LogP contribution in [0.5, 0.6) is 5.75 Å².